The molecule has 1 N–H and O–H groups in total. The SMILES string of the molecule is CCOC(=O)c1c(NC(=O)COC(=O)[C@H]2C[C@H]2C)oc(C)c1C(C)=O. The highest BCUT2D eigenvalue weighted by Gasteiger charge is 2.40. The Morgan fingerprint density at radius 1 is 1.20 bits per heavy atom. The van der Waals surface area contributed by atoms with Crippen molar-refractivity contribution >= 4 is 29.5 Å². The van der Waals surface area contributed by atoms with Crippen molar-refractivity contribution in [1.29, 1.82) is 0 Å². The van der Waals surface area contributed by atoms with Gasteiger partial charge in [-0.15, -0.1) is 0 Å². The molecule has 8 nitrogen and oxygen atoms in total. The summed E-state index contributed by atoms with van der Waals surface area (Å²) in [5, 5.41) is 2.36. The van der Waals surface area contributed by atoms with E-state index in [1.807, 2.05) is 6.92 Å². The number of ether oxygens (including phenoxy) is 2. The Morgan fingerprint density at radius 2 is 1.84 bits per heavy atom. The van der Waals surface area contributed by atoms with E-state index in [2.05, 4.69) is 5.32 Å². The van der Waals surface area contributed by atoms with E-state index < -0.39 is 24.5 Å². The van der Waals surface area contributed by atoms with Crippen molar-refractivity contribution < 1.29 is 33.1 Å². The number of aryl methyl sites for hydroxylation is 1. The lowest BCUT2D eigenvalue weighted by Crippen LogP contribution is -2.23. The Labute approximate surface area is 144 Å². The Morgan fingerprint density at radius 3 is 2.36 bits per heavy atom. The van der Waals surface area contributed by atoms with E-state index in [9.17, 15) is 19.2 Å². The van der Waals surface area contributed by atoms with E-state index in [0.717, 1.165) is 6.42 Å². The fourth-order valence-corrected chi connectivity index (χ4v) is 2.51. The lowest BCUT2D eigenvalue weighted by molar-refractivity contribution is -0.148. The molecule has 0 radical (unpaired) electrons. The van der Waals surface area contributed by atoms with E-state index in [4.69, 9.17) is 13.9 Å². The van der Waals surface area contributed by atoms with Crippen LogP contribution >= 0.6 is 0 Å². The molecule has 1 heterocycles. The van der Waals surface area contributed by atoms with Crippen LogP contribution in [0.3, 0.4) is 0 Å². The van der Waals surface area contributed by atoms with Gasteiger partial charge in [0.15, 0.2) is 12.4 Å². The Hall–Kier alpha value is -2.64. The Kier molecular flexibility index (Phi) is 5.61. The highest BCUT2D eigenvalue weighted by atomic mass is 16.5. The summed E-state index contributed by atoms with van der Waals surface area (Å²) in [6, 6.07) is 0. The minimum absolute atomic E-state index is 0.0533. The van der Waals surface area contributed by atoms with Gasteiger partial charge in [-0.3, -0.25) is 19.7 Å². The fraction of sp³-hybridized carbons (Fsp3) is 0.529. The summed E-state index contributed by atoms with van der Waals surface area (Å²) < 4.78 is 15.2. The van der Waals surface area contributed by atoms with E-state index in [-0.39, 0.29) is 47.0 Å². The van der Waals surface area contributed by atoms with Crippen LogP contribution in [0.5, 0.6) is 0 Å². The van der Waals surface area contributed by atoms with Gasteiger partial charge in [0.2, 0.25) is 5.88 Å². The van der Waals surface area contributed by atoms with Crippen LogP contribution in [0.25, 0.3) is 0 Å². The summed E-state index contributed by atoms with van der Waals surface area (Å²) in [5.41, 5.74) is -0.0834. The number of Topliss-reactive ketones (excluding diaryl/α,β-unsaturated/α-hetero) is 1. The average molecular weight is 351 g/mol. The van der Waals surface area contributed by atoms with Gasteiger partial charge in [-0.1, -0.05) is 6.92 Å². The van der Waals surface area contributed by atoms with Gasteiger partial charge in [0.25, 0.3) is 5.91 Å². The van der Waals surface area contributed by atoms with Crippen molar-refractivity contribution in [3.05, 3.63) is 16.9 Å². The number of carbonyl (C=O) groups excluding carboxylic acids is 4. The van der Waals surface area contributed by atoms with Crippen LogP contribution in [0.2, 0.25) is 0 Å². The van der Waals surface area contributed by atoms with Crippen LogP contribution in [0.1, 0.15) is 53.7 Å². The molecule has 0 unspecified atom stereocenters. The van der Waals surface area contributed by atoms with Crippen LogP contribution in [0.15, 0.2) is 4.42 Å². The largest absolute Gasteiger partial charge is 0.462 e. The van der Waals surface area contributed by atoms with Gasteiger partial charge >= 0.3 is 11.9 Å². The molecule has 0 aromatic carbocycles. The van der Waals surface area contributed by atoms with Gasteiger partial charge < -0.3 is 13.9 Å². The second kappa shape index (κ2) is 7.50. The molecule has 1 aromatic heterocycles. The predicted octanol–water partition coefficient (Wildman–Crippen LogP) is 2.11. The minimum Gasteiger partial charge on any atom is -0.462 e. The maximum Gasteiger partial charge on any atom is 0.344 e. The number of esters is 2. The highest BCUT2D eigenvalue weighted by Crippen LogP contribution is 2.38. The second-order valence-corrected chi connectivity index (χ2v) is 5.99. The Bertz CT molecular complexity index is 719. The fourth-order valence-electron chi connectivity index (χ4n) is 2.51. The van der Waals surface area contributed by atoms with Gasteiger partial charge in [0.05, 0.1) is 18.1 Å². The van der Waals surface area contributed by atoms with E-state index in [0.29, 0.717) is 0 Å². The number of rotatable bonds is 7. The van der Waals surface area contributed by atoms with Gasteiger partial charge in [-0.05, 0) is 33.1 Å². The third-order valence-electron chi connectivity index (χ3n) is 3.93. The van der Waals surface area contributed by atoms with Gasteiger partial charge in [-0.25, -0.2) is 4.79 Å². The molecule has 1 amide bonds. The lowest BCUT2D eigenvalue weighted by atomic mass is 10.1. The smallest absolute Gasteiger partial charge is 0.344 e. The number of hydrogen-bond acceptors (Lipinski definition) is 7. The molecule has 136 valence electrons. The third-order valence-corrected chi connectivity index (χ3v) is 3.93. The summed E-state index contributed by atoms with van der Waals surface area (Å²) >= 11 is 0. The number of amides is 1. The van der Waals surface area contributed by atoms with Crippen molar-refractivity contribution in [2.75, 3.05) is 18.5 Å². The first-order valence-electron chi connectivity index (χ1n) is 8.04. The van der Waals surface area contributed by atoms with Crippen LogP contribution in [-0.2, 0) is 19.1 Å². The van der Waals surface area contributed by atoms with Crippen molar-refractivity contribution in [3.8, 4) is 0 Å². The molecule has 2 rings (SSSR count). The number of nitrogens with one attached hydrogen (secondary N) is 1. The summed E-state index contributed by atoms with van der Waals surface area (Å²) in [6.07, 6.45) is 0.757. The van der Waals surface area contributed by atoms with E-state index in [1.165, 1.54) is 13.8 Å². The first-order valence-corrected chi connectivity index (χ1v) is 8.04. The van der Waals surface area contributed by atoms with E-state index >= 15 is 0 Å². The summed E-state index contributed by atoms with van der Waals surface area (Å²) in [4.78, 5) is 47.5. The minimum atomic E-state index is -0.774. The summed E-state index contributed by atoms with van der Waals surface area (Å²) in [7, 11) is 0. The number of furan rings is 1. The van der Waals surface area contributed by atoms with Crippen molar-refractivity contribution in [2.45, 2.75) is 34.1 Å². The molecule has 25 heavy (non-hydrogen) atoms. The maximum absolute atomic E-state index is 12.1. The summed E-state index contributed by atoms with van der Waals surface area (Å²) in [5.74, 6) is -2.14. The molecule has 1 aliphatic carbocycles. The standard InChI is InChI=1S/C17H21NO7/c1-5-23-17(22)14-13(9(3)19)10(4)25-15(14)18-12(20)7-24-16(21)11-6-8(11)2/h8,11H,5-7H2,1-4H3,(H,18,20)/t8-,11+/m1/s1. The molecule has 2 atom stereocenters. The second-order valence-electron chi connectivity index (χ2n) is 5.99. The van der Waals surface area contributed by atoms with Crippen LogP contribution < -0.4 is 5.32 Å². The van der Waals surface area contributed by atoms with Gasteiger partial charge in [0.1, 0.15) is 11.3 Å². The van der Waals surface area contributed by atoms with Gasteiger partial charge in [-0.2, -0.15) is 0 Å². The molecule has 0 saturated heterocycles. The molecular weight excluding hydrogens is 330 g/mol. The lowest BCUT2D eigenvalue weighted by Gasteiger charge is -2.07. The molecule has 1 saturated carbocycles. The first-order chi connectivity index (χ1) is 11.8. The average Bonchev–Trinajstić information content (AvgIpc) is 3.16. The number of ketones is 1. The maximum atomic E-state index is 12.1. The topological polar surface area (TPSA) is 112 Å². The van der Waals surface area contributed by atoms with Gasteiger partial charge in [0, 0.05) is 0 Å². The molecule has 1 fully saturated rings. The monoisotopic (exact) mass is 351 g/mol. The quantitative estimate of drug-likeness (QED) is 0.591. The number of hydrogen-bond donors (Lipinski definition) is 1. The summed E-state index contributed by atoms with van der Waals surface area (Å²) in [6.45, 7) is 5.93. The van der Waals surface area contributed by atoms with Crippen molar-refractivity contribution in [2.24, 2.45) is 11.8 Å². The zero-order valence-electron chi connectivity index (χ0n) is 14.6. The Balaban J connectivity index is 2.11. The molecule has 0 spiro atoms. The molecule has 1 aromatic rings. The molecular formula is C17H21NO7. The van der Waals surface area contributed by atoms with Crippen LogP contribution in [0.4, 0.5) is 5.88 Å². The predicted molar refractivity (Wildman–Crippen MR) is 86.3 cm³/mol. The van der Waals surface area contributed by atoms with Crippen LogP contribution in [-0.4, -0.2) is 36.8 Å². The zero-order chi connectivity index (χ0) is 18.7. The molecule has 0 bridgehead atoms. The number of carbonyl (C=O) groups is 4. The van der Waals surface area contributed by atoms with Crippen LogP contribution in [0, 0.1) is 18.8 Å². The molecule has 0 aliphatic heterocycles. The number of anilines is 1. The van der Waals surface area contributed by atoms with Crippen molar-refractivity contribution in [1.82, 2.24) is 0 Å². The molecule has 1 aliphatic rings. The zero-order valence-corrected chi connectivity index (χ0v) is 14.6. The van der Waals surface area contributed by atoms with Crippen molar-refractivity contribution in [3.63, 3.8) is 0 Å². The van der Waals surface area contributed by atoms with E-state index in [1.54, 1.807) is 6.92 Å². The highest BCUT2D eigenvalue weighted by molar-refractivity contribution is 6.10. The normalized spacial score (nSPS) is 18.4. The third kappa shape index (κ3) is 4.26. The molecule has 8 heteroatoms. The first kappa shape index (κ1) is 18.7.